The van der Waals surface area contributed by atoms with Gasteiger partial charge in [0.25, 0.3) is 0 Å². The Morgan fingerprint density at radius 2 is 1.88 bits per heavy atom. The largest absolute Gasteiger partial charge is 0.504 e. The van der Waals surface area contributed by atoms with Crippen LogP contribution in [0.5, 0.6) is 11.5 Å². The Bertz CT molecular complexity index is 640. The van der Waals surface area contributed by atoms with Gasteiger partial charge in [-0.3, -0.25) is 0 Å². The van der Waals surface area contributed by atoms with Crippen LogP contribution in [0, 0.1) is 0 Å². The number of aliphatic carboxylic acids is 2. The molecule has 2 rings (SSSR count). The molecule has 24 heavy (non-hydrogen) atoms. The Labute approximate surface area is 138 Å². The number of carboxylic acids is 2. The summed E-state index contributed by atoms with van der Waals surface area (Å²) in [5, 5.41) is 27.6. The zero-order valence-electron chi connectivity index (χ0n) is 13.1. The van der Waals surface area contributed by atoms with Gasteiger partial charge in [-0.25, -0.2) is 9.59 Å². The van der Waals surface area contributed by atoms with Gasteiger partial charge >= 0.3 is 11.9 Å². The fourth-order valence-electron chi connectivity index (χ4n) is 1.68. The number of carbonyl (C=O) groups is 2. The standard InChI is InChI=1S/C14H17NO3.C2H2O4/c1-2-17-14-8-11(5-6-13(14)16)9-15-10-12-4-3-7-18-12;3-1(4)2(5)6/h3-8,15-16H,2,9-10H2,1H3;(H,3,4)(H,5,6). The first kappa shape index (κ1) is 19.0. The van der Waals surface area contributed by atoms with Gasteiger partial charge in [0.1, 0.15) is 5.76 Å². The van der Waals surface area contributed by atoms with Gasteiger partial charge in [-0.1, -0.05) is 6.07 Å². The molecule has 0 bridgehead atoms. The molecule has 0 unspecified atom stereocenters. The molecule has 0 spiro atoms. The van der Waals surface area contributed by atoms with Gasteiger partial charge in [-0.05, 0) is 36.8 Å². The first-order chi connectivity index (χ1) is 11.4. The maximum absolute atomic E-state index is 9.58. The quantitative estimate of drug-likeness (QED) is 0.588. The molecule has 0 aliphatic carbocycles. The Balaban J connectivity index is 0.000000413. The van der Waals surface area contributed by atoms with Crippen LogP contribution in [-0.2, 0) is 22.7 Å². The predicted octanol–water partition coefficient (Wildman–Crippen LogP) is 1.83. The zero-order valence-corrected chi connectivity index (χ0v) is 13.1. The Hall–Kier alpha value is -3.00. The van der Waals surface area contributed by atoms with E-state index in [1.54, 1.807) is 12.3 Å². The summed E-state index contributed by atoms with van der Waals surface area (Å²) in [5.74, 6) is -2.05. The Morgan fingerprint density at radius 1 is 1.17 bits per heavy atom. The van der Waals surface area contributed by atoms with E-state index >= 15 is 0 Å². The Kier molecular flexibility index (Phi) is 7.86. The van der Waals surface area contributed by atoms with Crippen LogP contribution >= 0.6 is 0 Å². The summed E-state index contributed by atoms with van der Waals surface area (Å²) in [7, 11) is 0. The lowest BCUT2D eigenvalue weighted by atomic mass is 10.2. The Morgan fingerprint density at radius 3 is 2.42 bits per heavy atom. The minimum absolute atomic E-state index is 0.173. The van der Waals surface area contributed by atoms with E-state index < -0.39 is 11.9 Å². The molecule has 8 heteroatoms. The van der Waals surface area contributed by atoms with E-state index in [2.05, 4.69) is 5.32 Å². The van der Waals surface area contributed by atoms with Gasteiger partial charge in [-0.2, -0.15) is 0 Å². The molecule has 130 valence electrons. The molecular weight excluding hydrogens is 318 g/mol. The third-order valence-corrected chi connectivity index (χ3v) is 2.72. The van der Waals surface area contributed by atoms with Gasteiger partial charge in [0.2, 0.25) is 0 Å². The average Bonchev–Trinajstić information content (AvgIpc) is 3.04. The summed E-state index contributed by atoms with van der Waals surface area (Å²) >= 11 is 0. The zero-order chi connectivity index (χ0) is 17.9. The summed E-state index contributed by atoms with van der Waals surface area (Å²) < 4.78 is 10.6. The van der Waals surface area contributed by atoms with Gasteiger partial charge < -0.3 is 29.8 Å². The monoisotopic (exact) mass is 337 g/mol. The van der Waals surface area contributed by atoms with E-state index in [0.29, 0.717) is 25.4 Å². The highest BCUT2D eigenvalue weighted by Gasteiger charge is 2.04. The minimum atomic E-state index is -1.82. The molecule has 1 heterocycles. The number of phenols is 1. The number of furan rings is 1. The molecule has 0 radical (unpaired) electrons. The lowest BCUT2D eigenvalue weighted by molar-refractivity contribution is -0.159. The fraction of sp³-hybridized carbons (Fsp3) is 0.250. The van der Waals surface area contributed by atoms with Gasteiger partial charge in [-0.15, -0.1) is 0 Å². The summed E-state index contributed by atoms with van der Waals surface area (Å²) in [6, 6.07) is 9.15. The van der Waals surface area contributed by atoms with Crippen molar-refractivity contribution in [1.82, 2.24) is 5.32 Å². The van der Waals surface area contributed by atoms with Gasteiger partial charge in [0, 0.05) is 6.54 Å². The third-order valence-electron chi connectivity index (χ3n) is 2.72. The molecule has 0 amide bonds. The van der Waals surface area contributed by atoms with E-state index in [1.165, 1.54) is 0 Å². The molecule has 2 aromatic rings. The minimum Gasteiger partial charge on any atom is -0.504 e. The van der Waals surface area contributed by atoms with Crippen molar-refractivity contribution in [3.8, 4) is 11.5 Å². The first-order valence-corrected chi connectivity index (χ1v) is 7.08. The van der Waals surface area contributed by atoms with Crippen LogP contribution in [0.3, 0.4) is 0 Å². The number of carboxylic acid groups (broad SMARTS) is 2. The molecule has 0 aliphatic rings. The van der Waals surface area contributed by atoms with Crippen LogP contribution in [0.1, 0.15) is 18.2 Å². The topological polar surface area (TPSA) is 129 Å². The summed E-state index contributed by atoms with van der Waals surface area (Å²) in [5.41, 5.74) is 1.06. The number of nitrogens with one attached hydrogen (secondary N) is 1. The van der Waals surface area contributed by atoms with Crippen molar-refractivity contribution in [2.45, 2.75) is 20.0 Å². The van der Waals surface area contributed by atoms with Crippen molar-refractivity contribution in [3.63, 3.8) is 0 Å². The summed E-state index contributed by atoms with van der Waals surface area (Å²) in [4.78, 5) is 18.2. The number of phenolic OH excluding ortho intramolecular Hbond substituents is 1. The summed E-state index contributed by atoms with van der Waals surface area (Å²) in [6.45, 7) is 3.80. The molecule has 1 aromatic carbocycles. The molecule has 0 saturated heterocycles. The molecule has 4 N–H and O–H groups in total. The fourth-order valence-corrected chi connectivity index (χ4v) is 1.68. The normalized spacial score (nSPS) is 9.71. The molecule has 0 aliphatic heterocycles. The second-order valence-corrected chi connectivity index (χ2v) is 4.53. The van der Waals surface area contributed by atoms with Crippen LogP contribution < -0.4 is 10.1 Å². The van der Waals surface area contributed by atoms with E-state index in [9.17, 15) is 5.11 Å². The number of hydrogen-bond acceptors (Lipinski definition) is 6. The van der Waals surface area contributed by atoms with Crippen LogP contribution in [0.15, 0.2) is 41.0 Å². The number of ether oxygens (including phenoxy) is 1. The van der Waals surface area contributed by atoms with Crippen molar-refractivity contribution in [2.24, 2.45) is 0 Å². The molecule has 0 saturated carbocycles. The first-order valence-electron chi connectivity index (χ1n) is 7.08. The highest BCUT2D eigenvalue weighted by Crippen LogP contribution is 2.26. The van der Waals surface area contributed by atoms with Gasteiger partial charge in [0.15, 0.2) is 11.5 Å². The summed E-state index contributed by atoms with van der Waals surface area (Å²) in [6.07, 6.45) is 1.66. The number of rotatable bonds is 6. The maximum atomic E-state index is 9.58. The van der Waals surface area contributed by atoms with Crippen molar-refractivity contribution >= 4 is 11.9 Å². The predicted molar refractivity (Wildman–Crippen MR) is 83.8 cm³/mol. The number of hydrogen-bond donors (Lipinski definition) is 4. The van der Waals surface area contributed by atoms with Crippen molar-refractivity contribution in [3.05, 3.63) is 47.9 Å². The van der Waals surface area contributed by atoms with Crippen molar-refractivity contribution in [2.75, 3.05) is 6.61 Å². The molecule has 0 fully saturated rings. The van der Waals surface area contributed by atoms with Crippen LogP contribution in [-0.4, -0.2) is 33.9 Å². The third kappa shape index (κ3) is 6.84. The number of aromatic hydroxyl groups is 1. The van der Waals surface area contributed by atoms with Crippen LogP contribution in [0.4, 0.5) is 0 Å². The molecular formula is C16H19NO7. The second kappa shape index (κ2) is 9.90. The smallest absolute Gasteiger partial charge is 0.414 e. The van der Waals surface area contributed by atoms with E-state index in [-0.39, 0.29) is 5.75 Å². The van der Waals surface area contributed by atoms with Crippen molar-refractivity contribution < 1.29 is 34.1 Å². The number of benzene rings is 1. The van der Waals surface area contributed by atoms with E-state index in [4.69, 9.17) is 29.0 Å². The van der Waals surface area contributed by atoms with E-state index in [1.807, 2.05) is 31.2 Å². The molecule has 8 nitrogen and oxygen atoms in total. The SMILES string of the molecule is CCOc1cc(CNCc2ccco2)ccc1O.O=C(O)C(=O)O. The van der Waals surface area contributed by atoms with Crippen molar-refractivity contribution in [1.29, 1.82) is 0 Å². The van der Waals surface area contributed by atoms with Crippen LogP contribution in [0.2, 0.25) is 0 Å². The van der Waals surface area contributed by atoms with Crippen LogP contribution in [0.25, 0.3) is 0 Å². The molecule has 0 atom stereocenters. The maximum Gasteiger partial charge on any atom is 0.414 e. The lowest BCUT2D eigenvalue weighted by Crippen LogP contribution is -2.12. The lowest BCUT2D eigenvalue weighted by Gasteiger charge is -2.08. The second-order valence-electron chi connectivity index (χ2n) is 4.53. The molecule has 1 aromatic heterocycles. The van der Waals surface area contributed by atoms with E-state index in [0.717, 1.165) is 11.3 Å². The van der Waals surface area contributed by atoms with Gasteiger partial charge in [0.05, 0.1) is 19.4 Å². The average molecular weight is 337 g/mol. The highest BCUT2D eigenvalue weighted by molar-refractivity contribution is 6.27. The highest BCUT2D eigenvalue weighted by atomic mass is 16.5.